The maximum absolute atomic E-state index is 13.1. The van der Waals surface area contributed by atoms with Crippen LogP contribution in [0.15, 0.2) is 35.2 Å². The van der Waals surface area contributed by atoms with E-state index in [0.717, 1.165) is 25.7 Å². The highest BCUT2D eigenvalue weighted by molar-refractivity contribution is 7.89. The van der Waals surface area contributed by atoms with E-state index < -0.39 is 10.0 Å². The lowest BCUT2D eigenvalue weighted by Gasteiger charge is -2.29. The van der Waals surface area contributed by atoms with Crippen LogP contribution in [-0.4, -0.2) is 40.0 Å². The number of rotatable bonds is 1. The van der Waals surface area contributed by atoms with Crippen LogP contribution in [-0.2, 0) is 10.0 Å². The fourth-order valence-corrected chi connectivity index (χ4v) is 4.40. The van der Waals surface area contributed by atoms with Crippen molar-refractivity contribution in [2.24, 2.45) is 5.41 Å². The second-order valence-corrected chi connectivity index (χ2v) is 9.27. The van der Waals surface area contributed by atoms with E-state index >= 15 is 0 Å². The zero-order valence-corrected chi connectivity index (χ0v) is 16.4. The van der Waals surface area contributed by atoms with Crippen molar-refractivity contribution in [3.63, 3.8) is 0 Å². The van der Waals surface area contributed by atoms with E-state index in [-0.39, 0.29) is 10.3 Å². The third-order valence-corrected chi connectivity index (χ3v) is 6.19. The van der Waals surface area contributed by atoms with Crippen LogP contribution in [0.2, 0.25) is 0 Å². The van der Waals surface area contributed by atoms with Crippen LogP contribution in [0.3, 0.4) is 0 Å². The van der Waals surface area contributed by atoms with Gasteiger partial charge in [-0.05, 0) is 43.2 Å². The van der Waals surface area contributed by atoms with Crippen LogP contribution in [0.1, 0.15) is 39.5 Å². The first-order valence-corrected chi connectivity index (χ1v) is 10.1. The second kappa shape index (κ2) is 8.23. The summed E-state index contributed by atoms with van der Waals surface area (Å²) in [6, 6.07) is 4.88. The smallest absolute Gasteiger partial charge is 0.246 e. The van der Waals surface area contributed by atoms with Gasteiger partial charge in [-0.15, -0.1) is 0 Å². The monoisotopic (exact) mass is 367 g/mol. The van der Waals surface area contributed by atoms with E-state index in [4.69, 9.17) is 9.47 Å². The van der Waals surface area contributed by atoms with Gasteiger partial charge in [0.05, 0.1) is 13.7 Å². The third kappa shape index (κ3) is 5.22. The largest absolute Gasteiger partial charge is 0.497 e. The van der Waals surface area contributed by atoms with Gasteiger partial charge in [0.15, 0.2) is 0 Å². The first-order valence-electron chi connectivity index (χ1n) is 8.68. The molecule has 6 heteroatoms. The Hall–Kier alpha value is -1.53. The minimum Gasteiger partial charge on any atom is -0.497 e. The number of ether oxygens (including phenoxy) is 2. The Morgan fingerprint density at radius 3 is 2.68 bits per heavy atom. The lowest BCUT2D eigenvalue weighted by molar-refractivity contribution is 0.278. The summed E-state index contributed by atoms with van der Waals surface area (Å²) in [4.78, 5) is 0.194. The number of nitrogens with zero attached hydrogens (tertiary/aromatic N) is 1. The molecule has 1 aliphatic rings. The fourth-order valence-electron chi connectivity index (χ4n) is 2.93. The summed E-state index contributed by atoms with van der Waals surface area (Å²) < 4.78 is 38.6. The number of fused-ring (bicyclic) bond motifs is 1. The molecular formula is C19H29NO4S. The summed E-state index contributed by atoms with van der Waals surface area (Å²) in [6.45, 7) is 5.09. The van der Waals surface area contributed by atoms with E-state index in [1.54, 1.807) is 32.4 Å². The van der Waals surface area contributed by atoms with Crippen molar-refractivity contribution >= 4 is 10.0 Å². The van der Waals surface area contributed by atoms with E-state index in [9.17, 15) is 8.42 Å². The van der Waals surface area contributed by atoms with Gasteiger partial charge < -0.3 is 9.47 Å². The van der Waals surface area contributed by atoms with Crippen LogP contribution in [0.4, 0.5) is 0 Å². The molecule has 0 spiro atoms. The Balaban J connectivity index is 2.41. The molecular weight excluding hydrogens is 338 g/mol. The van der Waals surface area contributed by atoms with E-state index in [2.05, 4.69) is 26.0 Å². The molecule has 0 amide bonds. The van der Waals surface area contributed by atoms with Crippen molar-refractivity contribution in [2.75, 3.05) is 27.3 Å². The van der Waals surface area contributed by atoms with Gasteiger partial charge >= 0.3 is 0 Å². The van der Waals surface area contributed by atoms with Gasteiger partial charge in [-0.2, -0.15) is 0 Å². The highest BCUT2D eigenvalue weighted by Crippen LogP contribution is 2.33. The summed E-state index contributed by atoms with van der Waals surface area (Å²) >= 11 is 0. The Morgan fingerprint density at radius 1 is 1.20 bits per heavy atom. The fraction of sp³-hybridized carbons (Fsp3) is 0.579. The first kappa shape index (κ1) is 19.8. The molecule has 0 atom stereocenters. The number of sulfonamides is 1. The molecule has 0 aliphatic carbocycles. The Bertz CT molecular complexity index is 710. The number of allylic oxidation sites excluding steroid dienone is 2. The molecule has 0 N–H and O–H groups in total. The molecule has 1 aromatic carbocycles. The SMILES string of the molecule is COc1ccc2c(c1)OCCCC/C=C/CC(C)(C)CN(C)S2(=O)=O. The van der Waals surface area contributed by atoms with Crippen molar-refractivity contribution in [2.45, 2.75) is 44.4 Å². The van der Waals surface area contributed by atoms with Gasteiger partial charge in [-0.25, -0.2) is 12.7 Å². The molecule has 2 rings (SSSR count). The molecule has 5 nitrogen and oxygen atoms in total. The van der Waals surface area contributed by atoms with E-state index in [0.29, 0.717) is 24.7 Å². The maximum Gasteiger partial charge on any atom is 0.246 e. The van der Waals surface area contributed by atoms with Crippen molar-refractivity contribution in [1.29, 1.82) is 0 Å². The molecule has 1 aliphatic heterocycles. The minimum absolute atomic E-state index is 0.143. The molecule has 1 heterocycles. The molecule has 25 heavy (non-hydrogen) atoms. The summed E-state index contributed by atoms with van der Waals surface area (Å²) in [5.41, 5.74) is -0.143. The zero-order valence-electron chi connectivity index (χ0n) is 15.6. The Kier molecular flexibility index (Phi) is 6.52. The third-order valence-electron chi connectivity index (χ3n) is 4.35. The van der Waals surface area contributed by atoms with Crippen molar-refractivity contribution < 1.29 is 17.9 Å². The lowest BCUT2D eigenvalue weighted by atomic mass is 9.89. The molecule has 0 bridgehead atoms. The summed E-state index contributed by atoms with van der Waals surface area (Å²) in [5.74, 6) is 0.942. The number of benzene rings is 1. The highest BCUT2D eigenvalue weighted by atomic mass is 32.2. The predicted octanol–water partition coefficient (Wildman–Crippen LogP) is 3.85. The highest BCUT2D eigenvalue weighted by Gasteiger charge is 2.30. The summed E-state index contributed by atoms with van der Waals surface area (Å²) in [7, 11) is -0.455. The predicted molar refractivity (Wildman–Crippen MR) is 99.7 cm³/mol. The zero-order chi connectivity index (χ0) is 18.5. The van der Waals surface area contributed by atoms with Crippen LogP contribution in [0.5, 0.6) is 11.5 Å². The number of hydrogen-bond acceptors (Lipinski definition) is 4. The Labute approximate surface area is 151 Å². The van der Waals surface area contributed by atoms with Crippen molar-refractivity contribution in [1.82, 2.24) is 4.31 Å². The standard InChI is InChI=1S/C19H29NO4S/c1-19(2)12-8-6-5-7-9-13-24-17-14-16(23-4)10-11-18(17)25(21,22)20(3)15-19/h6,8,10-11,14H,5,7,9,12-13,15H2,1-4H3/b8-6+. The van der Waals surface area contributed by atoms with Crippen LogP contribution in [0.25, 0.3) is 0 Å². The summed E-state index contributed by atoms with van der Waals surface area (Å²) in [6.07, 6.45) is 8.09. The van der Waals surface area contributed by atoms with Crippen LogP contribution >= 0.6 is 0 Å². The number of methoxy groups -OCH3 is 1. The molecule has 0 saturated carbocycles. The number of hydrogen-bond donors (Lipinski definition) is 0. The quantitative estimate of drug-likeness (QED) is 0.708. The van der Waals surface area contributed by atoms with Gasteiger partial charge in [-0.1, -0.05) is 26.0 Å². The van der Waals surface area contributed by atoms with Crippen molar-refractivity contribution in [3.05, 3.63) is 30.4 Å². The average molecular weight is 368 g/mol. The van der Waals surface area contributed by atoms with Crippen LogP contribution < -0.4 is 9.47 Å². The van der Waals surface area contributed by atoms with Crippen LogP contribution in [0, 0.1) is 5.41 Å². The Morgan fingerprint density at radius 2 is 1.96 bits per heavy atom. The molecule has 1 aromatic rings. The summed E-state index contributed by atoms with van der Waals surface area (Å²) in [5, 5.41) is 0. The van der Waals surface area contributed by atoms with Gasteiger partial charge in [0.25, 0.3) is 0 Å². The van der Waals surface area contributed by atoms with E-state index in [1.165, 1.54) is 4.31 Å². The lowest BCUT2D eigenvalue weighted by Crippen LogP contribution is -2.36. The molecule has 0 saturated heterocycles. The maximum atomic E-state index is 13.1. The average Bonchev–Trinajstić information content (AvgIpc) is 2.55. The molecule has 0 radical (unpaired) electrons. The molecule has 140 valence electrons. The topological polar surface area (TPSA) is 55.8 Å². The van der Waals surface area contributed by atoms with E-state index in [1.807, 2.05) is 0 Å². The van der Waals surface area contributed by atoms with Gasteiger partial charge in [0.2, 0.25) is 10.0 Å². The minimum atomic E-state index is -3.64. The second-order valence-electron chi connectivity index (χ2n) is 7.26. The molecule has 0 fully saturated rings. The van der Waals surface area contributed by atoms with Crippen molar-refractivity contribution in [3.8, 4) is 11.5 Å². The normalized spacial score (nSPS) is 22.9. The van der Waals surface area contributed by atoms with Gasteiger partial charge in [0.1, 0.15) is 16.4 Å². The van der Waals surface area contributed by atoms with Gasteiger partial charge in [-0.3, -0.25) is 0 Å². The molecule has 0 unspecified atom stereocenters. The first-order chi connectivity index (χ1) is 11.8. The van der Waals surface area contributed by atoms with Gasteiger partial charge in [0, 0.05) is 19.7 Å². The molecule has 0 aromatic heterocycles.